The normalized spacial score (nSPS) is 17.9. The maximum atomic E-state index is 12.9. The van der Waals surface area contributed by atoms with Crippen LogP contribution in [0.4, 0.5) is 5.82 Å². The van der Waals surface area contributed by atoms with Gasteiger partial charge in [-0.05, 0) is 55.0 Å². The number of hydrogen-bond donors (Lipinski definition) is 0. The number of piperazine rings is 1. The fraction of sp³-hybridized carbons (Fsp3) is 0.500. The third-order valence-electron chi connectivity index (χ3n) is 5.47. The molecule has 2 aromatic rings. The van der Waals surface area contributed by atoms with Crippen LogP contribution in [0.5, 0.6) is 0 Å². The molecule has 2 aliphatic rings. The van der Waals surface area contributed by atoms with Crippen LogP contribution in [0.3, 0.4) is 0 Å². The molecular weight excluding hydrogens is 360 g/mol. The van der Waals surface area contributed by atoms with Crippen molar-refractivity contribution in [1.82, 2.24) is 14.5 Å². The number of fused-ring (bicyclic) bond motifs is 1. The van der Waals surface area contributed by atoms with E-state index in [4.69, 9.17) is 0 Å². The molecule has 4 rings (SSSR count). The number of aromatic nitrogens is 2. The van der Waals surface area contributed by atoms with Crippen LogP contribution in [0, 0.1) is 0 Å². The largest absolute Gasteiger partial charge is 0.352 e. The minimum atomic E-state index is -3.44. The molecule has 1 fully saturated rings. The van der Waals surface area contributed by atoms with Crippen LogP contribution in [0.15, 0.2) is 35.2 Å². The Morgan fingerprint density at radius 2 is 1.74 bits per heavy atom. The maximum absolute atomic E-state index is 12.9. The molecule has 0 atom stereocenters. The monoisotopic (exact) mass is 386 g/mol. The van der Waals surface area contributed by atoms with Crippen LogP contribution in [-0.4, -0.2) is 49.1 Å². The van der Waals surface area contributed by atoms with Gasteiger partial charge in [-0.2, -0.15) is 9.40 Å². The molecule has 0 unspecified atom stereocenters. The minimum Gasteiger partial charge on any atom is -0.352 e. The van der Waals surface area contributed by atoms with E-state index in [1.165, 1.54) is 11.1 Å². The standard InChI is InChI=1S/C20H26N4O2S/c1-2-4-16-7-9-18(10-8-16)27(25,26)24-13-11-23(12-14-24)20-15-17-5-3-6-19(17)21-22-20/h7-10,15H,2-6,11-14H2,1H3. The van der Waals surface area contributed by atoms with Crippen LogP contribution in [0.1, 0.15) is 36.6 Å². The highest BCUT2D eigenvalue weighted by Crippen LogP contribution is 2.25. The molecule has 144 valence electrons. The Hall–Kier alpha value is -1.99. The summed E-state index contributed by atoms with van der Waals surface area (Å²) in [5, 5.41) is 8.70. The van der Waals surface area contributed by atoms with Gasteiger partial charge < -0.3 is 4.90 Å². The van der Waals surface area contributed by atoms with E-state index in [-0.39, 0.29) is 0 Å². The lowest BCUT2D eigenvalue weighted by Crippen LogP contribution is -2.49. The second kappa shape index (κ2) is 7.56. The lowest BCUT2D eigenvalue weighted by atomic mass is 10.1. The van der Waals surface area contributed by atoms with E-state index in [0.29, 0.717) is 31.1 Å². The highest BCUT2D eigenvalue weighted by atomic mass is 32.2. The van der Waals surface area contributed by atoms with Gasteiger partial charge in [-0.3, -0.25) is 0 Å². The van der Waals surface area contributed by atoms with E-state index >= 15 is 0 Å². The zero-order chi connectivity index (χ0) is 18.9. The molecule has 0 N–H and O–H groups in total. The van der Waals surface area contributed by atoms with Gasteiger partial charge in [0.05, 0.1) is 10.6 Å². The van der Waals surface area contributed by atoms with E-state index in [1.807, 2.05) is 12.1 Å². The summed E-state index contributed by atoms with van der Waals surface area (Å²) in [4.78, 5) is 2.52. The number of anilines is 1. The van der Waals surface area contributed by atoms with Gasteiger partial charge in [-0.15, -0.1) is 5.10 Å². The molecule has 27 heavy (non-hydrogen) atoms. The summed E-state index contributed by atoms with van der Waals surface area (Å²) >= 11 is 0. The number of aryl methyl sites for hydroxylation is 3. The smallest absolute Gasteiger partial charge is 0.243 e. The first kappa shape index (κ1) is 18.4. The van der Waals surface area contributed by atoms with Crippen LogP contribution in [0.25, 0.3) is 0 Å². The van der Waals surface area contributed by atoms with E-state index in [1.54, 1.807) is 16.4 Å². The molecule has 6 nitrogen and oxygen atoms in total. The van der Waals surface area contributed by atoms with Crippen molar-refractivity contribution in [1.29, 1.82) is 0 Å². The summed E-state index contributed by atoms with van der Waals surface area (Å²) < 4.78 is 27.4. The van der Waals surface area contributed by atoms with Gasteiger partial charge in [0.25, 0.3) is 0 Å². The first-order valence-corrected chi connectivity index (χ1v) is 11.2. The van der Waals surface area contributed by atoms with E-state index in [9.17, 15) is 8.42 Å². The van der Waals surface area contributed by atoms with Crippen LogP contribution in [-0.2, 0) is 29.3 Å². The van der Waals surface area contributed by atoms with Crippen molar-refractivity contribution >= 4 is 15.8 Å². The van der Waals surface area contributed by atoms with Gasteiger partial charge in [-0.25, -0.2) is 8.42 Å². The topological polar surface area (TPSA) is 66.4 Å². The Kier molecular flexibility index (Phi) is 5.14. The predicted octanol–water partition coefficient (Wildman–Crippen LogP) is 2.43. The van der Waals surface area contributed by atoms with Crippen LogP contribution in [0.2, 0.25) is 0 Å². The Morgan fingerprint density at radius 3 is 2.44 bits per heavy atom. The maximum Gasteiger partial charge on any atom is 0.243 e. The van der Waals surface area contributed by atoms with Crippen molar-refractivity contribution in [3.63, 3.8) is 0 Å². The highest BCUT2D eigenvalue weighted by molar-refractivity contribution is 7.89. The summed E-state index contributed by atoms with van der Waals surface area (Å²) in [5.41, 5.74) is 3.59. The van der Waals surface area contributed by atoms with Crippen molar-refractivity contribution < 1.29 is 8.42 Å². The van der Waals surface area contributed by atoms with Crippen molar-refractivity contribution in [2.45, 2.75) is 43.9 Å². The zero-order valence-electron chi connectivity index (χ0n) is 15.8. The molecule has 0 amide bonds. The number of sulfonamides is 1. The molecule has 1 aromatic heterocycles. The first-order valence-electron chi connectivity index (χ1n) is 9.77. The highest BCUT2D eigenvalue weighted by Gasteiger charge is 2.29. The molecule has 7 heteroatoms. The Balaban J connectivity index is 1.43. The van der Waals surface area contributed by atoms with Gasteiger partial charge in [0.2, 0.25) is 10.0 Å². The fourth-order valence-electron chi connectivity index (χ4n) is 3.90. The van der Waals surface area contributed by atoms with Crippen molar-refractivity contribution in [2.75, 3.05) is 31.1 Å². The number of benzene rings is 1. The zero-order valence-corrected chi connectivity index (χ0v) is 16.6. The molecule has 0 saturated carbocycles. The second-order valence-corrected chi connectivity index (χ2v) is 9.25. The number of rotatable bonds is 5. The SMILES string of the molecule is CCCc1ccc(S(=O)(=O)N2CCN(c3cc4c(nn3)CCC4)CC2)cc1. The molecule has 1 aromatic carbocycles. The summed E-state index contributed by atoms with van der Waals surface area (Å²) in [5.74, 6) is 0.872. The summed E-state index contributed by atoms with van der Waals surface area (Å²) in [6.45, 7) is 4.34. The molecule has 0 bridgehead atoms. The lowest BCUT2D eigenvalue weighted by Gasteiger charge is -2.34. The molecule has 1 saturated heterocycles. The fourth-order valence-corrected chi connectivity index (χ4v) is 5.32. The Labute approximate surface area is 161 Å². The first-order chi connectivity index (χ1) is 13.1. The minimum absolute atomic E-state index is 0.383. The van der Waals surface area contributed by atoms with Crippen molar-refractivity contribution in [3.8, 4) is 0 Å². The quantitative estimate of drug-likeness (QED) is 0.790. The van der Waals surface area contributed by atoms with Crippen LogP contribution < -0.4 is 4.90 Å². The van der Waals surface area contributed by atoms with E-state index in [0.717, 1.165) is 43.6 Å². The van der Waals surface area contributed by atoms with Gasteiger partial charge in [0.1, 0.15) is 0 Å². The average molecular weight is 387 g/mol. The molecule has 0 radical (unpaired) electrons. The van der Waals surface area contributed by atoms with Crippen molar-refractivity contribution in [2.24, 2.45) is 0 Å². The summed E-state index contributed by atoms with van der Waals surface area (Å²) in [7, 11) is -3.44. The third kappa shape index (κ3) is 3.71. The summed E-state index contributed by atoms with van der Waals surface area (Å²) in [6, 6.07) is 9.45. The lowest BCUT2D eigenvalue weighted by molar-refractivity contribution is 0.383. The van der Waals surface area contributed by atoms with Gasteiger partial charge in [0.15, 0.2) is 5.82 Å². The Bertz CT molecular complexity index is 904. The molecule has 2 heterocycles. The average Bonchev–Trinajstić information content (AvgIpc) is 3.17. The molecule has 1 aliphatic carbocycles. The Morgan fingerprint density at radius 1 is 1.00 bits per heavy atom. The second-order valence-electron chi connectivity index (χ2n) is 7.31. The predicted molar refractivity (Wildman–Crippen MR) is 105 cm³/mol. The van der Waals surface area contributed by atoms with Crippen molar-refractivity contribution in [3.05, 3.63) is 47.2 Å². The molecule has 0 spiro atoms. The van der Waals surface area contributed by atoms with Gasteiger partial charge in [0, 0.05) is 26.2 Å². The van der Waals surface area contributed by atoms with E-state index < -0.39 is 10.0 Å². The van der Waals surface area contributed by atoms with E-state index in [2.05, 4.69) is 28.1 Å². The summed E-state index contributed by atoms with van der Waals surface area (Å²) in [6.07, 6.45) is 5.27. The number of nitrogens with zero attached hydrogens (tertiary/aromatic N) is 4. The van der Waals surface area contributed by atoms with Gasteiger partial charge in [-0.1, -0.05) is 25.5 Å². The third-order valence-corrected chi connectivity index (χ3v) is 7.38. The molecule has 1 aliphatic heterocycles. The molecular formula is C20H26N4O2S. The van der Waals surface area contributed by atoms with Gasteiger partial charge >= 0.3 is 0 Å². The van der Waals surface area contributed by atoms with Crippen LogP contribution >= 0.6 is 0 Å². The number of hydrogen-bond acceptors (Lipinski definition) is 5.